The molecular formula is C59H40N2. The van der Waals surface area contributed by atoms with E-state index in [9.17, 15) is 0 Å². The average molecular weight is 777 g/mol. The third-order valence-corrected chi connectivity index (χ3v) is 12.7. The van der Waals surface area contributed by atoms with Crippen LogP contribution in [0, 0.1) is 0 Å². The van der Waals surface area contributed by atoms with Gasteiger partial charge in [-0.25, -0.2) is 4.98 Å². The number of hydrogen-bond acceptors (Lipinski definition) is 1. The second kappa shape index (κ2) is 14.2. The Hall–Kier alpha value is -7.81. The van der Waals surface area contributed by atoms with Gasteiger partial charge in [-0.1, -0.05) is 182 Å². The fraction of sp³-hybridized carbons (Fsp3) is 0.0339. The highest BCUT2D eigenvalue weighted by Gasteiger charge is 2.23. The van der Waals surface area contributed by atoms with Crippen LogP contribution in [0.2, 0.25) is 0 Å². The molecule has 0 fully saturated rings. The first-order valence-corrected chi connectivity index (χ1v) is 21.2. The van der Waals surface area contributed by atoms with E-state index < -0.39 is 0 Å². The summed E-state index contributed by atoms with van der Waals surface area (Å²) in [5, 5.41) is 12.3. The third kappa shape index (κ3) is 5.68. The standard InChI is InChI=1S/C59H40N2/c1-38-16-15-17-39(31-30-38)55-45-20-5-7-22-47(45)56(48-23-8-6-21-46(48)55)42-34-32-41-37-43(35-33-40(41)36-42)57-49-24-9-11-26-51(49)58(52-27-12-10-25-50(52)57)59-60-53-28-13-14-29-54(53)61(59)44-18-3-2-4-19-44/h2-15,17-37H,16H2,1H3. The van der Waals surface area contributed by atoms with Crippen molar-refractivity contribution < 1.29 is 0 Å². The van der Waals surface area contributed by atoms with Crippen LogP contribution in [0.3, 0.4) is 0 Å². The summed E-state index contributed by atoms with van der Waals surface area (Å²) in [5.74, 6) is 0.944. The van der Waals surface area contributed by atoms with E-state index in [0.29, 0.717) is 0 Å². The molecule has 0 saturated carbocycles. The van der Waals surface area contributed by atoms with E-state index in [2.05, 4.69) is 224 Å². The van der Waals surface area contributed by atoms with Gasteiger partial charge in [-0.2, -0.15) is 0 Å². The summed E-state index contributed by atoms with van der Waals surface area (Å²) < 4.78 is 2.32. The van der Waals surface area contributed by atoms with Crippen LogP contribution in [-0.4, -0.2) is 9.55 Å². The van der Waals surface area contributed by atoms with Gasteiger partial charge in [0.2, 0.25) is 0 Å². The SMILES string of the molecule is CC1=CC=C(c2c3ccccc3c(-c3ccc4cc(-c5c6ccccc6c(-c6nc7ccccc7n6-c6ccccc6)c6ccccc56)ccc4c3)c3ccccc23)C=CC1. The molecule has 2 heteroatoms. The topological polar surface area (TPSA) is 17.8 Å². The molecule has 0 saturated heterocycles. The van der Waals surface area contributed by atoms with Crippen molar-refractivity contribution in [2.45, 2.75) is 13.3 Å². The molecule has 2 nitrogen and oxygen atoms in total. The van der Waals surface area contributed by atoms with Crippen LogP contribution in [0.1, 0.15) is 18.9 Å². The van der Waals surface area contributed by atoms with Crippen molar-refractivity contribution in [3.63, 3.8) is 0 Å². The Bertz CT molecular complexity index is 3560. The summed E-state index contributed by atoms with van der Waals surface area (Å²) in [6.07, 6.45) is 10.1. The quantitative estimate of drug-likeness (QED) is 0.159. The van der Waals surface area contributed by atoms with Crippen LogP contribution >= 0.6 is 0 Å². The molecule has 0 spiro atoms. The predicted octanol–water partition coefficient (Wildman–Crippen LogP) is 16.1. The number of fused-ring (bicyclic) bond motifs is 6. The first kappa shape index (κ1) is 35.2. The van der Waals surface area contributed by atoms with Crippen molar-refractivity contribution in [2.75, 3.05) is 0 Å². The number of imidazole rings is 1. The molecule has 286 valence electrons. The van der Waals surface area contributed by atoms with Gasteiger partial charge in [0, 0.05) is 11.3 Å². The van der Waals surface area contributed by atoms with Crippen LogP contribution in [0.4, 0.5) is 0 Å². The molecule has 1 aromatic heterocycles. The van der Waals surface area contributed by atoms with Crippen molar-refractivity contribution in [1.29, 1.82) is 0 Å². The molecule has 0 atom stereocenters. The van der Waals surface area contributed by atoms with Crippen molar-refractivity contribution in [1.82, 2.24) is 9.55 Å². The van der Waals surface area contributed by atoms with Gasteiger partial charge in [0.1, 0.15) is 5.82 Å². The molecule has 0 aliphatic heterocycles. The second-order valence-corrected chi connectivity index (χ2v) is 16.3. The van der Waals surface area contributed by atoms with E-state index in [1.54, 1.807) is 0 Å². The van der Waals surface area contributed by atoms with Crippen LogP contribution in [-0.2, 0) is 0 Å². The maximum Gasteiger partial charge on any atom is 0.146 e. The lowest BCUT2D eigenvalue weighted by Crippen LogP contribution is -1.99. The van der Waals surface area contributed by atoms with Crippen LogP contribution < -0.4 is 0 Å². The van der Waals surface area contributed by atoms with Crippen molar-refractivity contribution >= 4 is 70.5 Å². The molecule has 1 heterocycles. The van der Waals surface area contributed by atoms with E-state index in [4.69, 9.17) is 4.98 Å². The summed E-state index contributed by atoms with van der Waals surface area (Å²) in [7, 11) is 0. The Balaban J connectivity index is 1.05. The summed E-state index contributed by atoms with van der Waals surface area (Å²) in [6, 6.07) is 68.7. The molecule has 0 N–H and O–H groups in total. The lowest BCUT2D eigenvalue weighted by molar-refractivity contribution is 1.11. The number of nitrogens with zero attached hydrogens (tertiary/aromatic N) is 2. The summed E-state index contributed by atoms with van der Waals surface area (Å²) in [5.41, 5.74) is 13.2. The fourth-order valence-corrected chi connectivity index (χ4v) is 9.91. The molecule has 10 aromatic carbocycles. The predicted molar refractivity (Wildman–Crippen MR) is 260 cm³/mol. The number of benzene rings is 10. The normalized spacial score (nSPS) is 13.1. The van der Waals surface area contributed by atoms with E-state index in [-0.39, 0.29) is 0 Å². The lowest BCUT2D eigenvalue weighted by atomic mass is 9.85. The highest BCUT2D eigenvalue weighted by molar-refractivity contribution is 6.22. The minimum atomic E-state index is 0.944. The zero-order valence-electron chi connectivity index (χ0n) is 33.8. The maximum atomic E-state index is 5.36. The average Bonchev–Trinajstić information content (AvgIpc) is 3.56. The lowest BCUT2D eigenvalue weighted by Gasteiger charge is -2.19. The molecule has 0 amide bonds. The van der Waals surface area contributed by atoms with Gasteiger partial charge in [-0.3, -0.25) is 4.57 Å². The van der Waals surface area contributed by atoms with Gasteiger partial charge in [-0.05, 0) is 137 Å². The Kier molecular flexibility index (Phi) is 8.18. The Morgan fingerprint density at radius 3 is 1.43 bits per heavy atom. The molecule has 0 bridgehead atoms. The van der Waals surface area contributed by atoms with Gasteiger partial charge >= 0.3 is 0 Å². The Morgan fingerprint density at radius 1 is 0.426 bits per heavy atom. The first-order valence-electron chi connectivity index (χ1n) is 21.2. The van der Waals surface area contributed by atoms with Gasteiger partial charge in [-0.15, -0.1) is 0 Å². The smallest absolute Gasteiger partial charge is 0.146 e. The zero-order valence-corrected chi connectivity index (χ0v) is 33.8. The van der Waals surface area contributed by atoms with Crippen LogP contribution in [0.25, 0.3) is 110 Å². The molecule has 61 heavy (non-hydrogen) atoms. The van der Waals surface area contributed by atoms with E-state index in [1.165, 1.54) is 92.8 Å². The maximum absolute atomic E-state index is 5.36. The minimum Gasteiger partial charge on any atom is -0.292 e. The molecule has 12 rings (SSSR count). The summed E-state index contributed by atoms with van der Waals surface area (Å²) in [6.45, 7) is 2.21. The molecule has 11 aromatic rings. The highest BCUT2D eigenvalue weighted by Crippen LogP contribution is 2.46. The first-order chi connectivity index (χ1) is 30.2. The third-order valence-electron chi connectivity index (χ3n) is 12.7. The molecule has 1 aliphatic carbocycles. The number of hydrogen-bond donors (Lipinski definition) is 0. The highest BCUT2D eigenvalue weighted by atomic mass is 15.1. The summed E-state index contributed by atoms with van der Waals surface area (Å²) in [4.78, 5) is 5.36. The molecule has 0 unspecified atom stereocenters. The number of para-hydroxylation sites is 3. The number of allylic oxidation sites excluding steroid dienone is 6. The number of rotatable bonds is 5. The van der Waals surface area contributed by atoms with E-state index in [1.807, 2.05) is 0 Å². The Labute approximate surface area is 354 Å². The van der Waals surface area contributed by atoms with Gasteiger partial charge in [0.25, 0.3) is 0 Å². The van der Waals surface area contributed by atoms with Crippen molar-refractivity contribution in [2.24, 2.45) is 0 Å². The van der Waals surface area contributed by atoms with Crippen molar-refractivity contribution in [3.8, 4) is 39.3 Å². The van der Waals surface area contributed by atoms with Crippen molar-refractivity contribution in [3.05, 3.63) is 223 Å². The largest absolute Gasteiger partial charge is 0.292 e. The van der Waals surface area contributed by atoms with Gasteiger partial charge in [0.05, 0.1) is 11.0 Å². The summed E-state index contributed by atoms with van der Waals surface area (Å²) >= 11 is 0. The van der Waals surface area contributed by atoms with Gasteiger partial charge < -0.3 is 0 Å². The Morgan fingerprint density at radius 2 is 0.885 bits per heavy atom. The second-order valence-electron chi connectivity index (χ2n) is 16.3. The van der Waals surface area contributed by atoms with Crippen LogP contribution in [0.15, 0.2) is 218 Å². The van der Waals surface area contributed by atoms with Gasteiger partial charge in [0.15, 0.2) is 0 Å². The minimum absolute atomic E-state index is 0.944. The number of aromatic nitrogens is 2. The fourth-order valence-electron chi connectivity index (χ4n) is 9.91. The zero-order chi connectivity index (χ0) is 40.4. The molecule has 0 radical (unpaired) electrons. The van der Waals surface area contributed by atoms with E-state index >= 15 is 0 Å². The monoisotopic (exact) mass is 776 g/mol. The van der Waals surface area contributed by atoms with E-state index in [0.717, 1.165) is 34.5 Å². The van der Waals surface area contributed by atoms with Crippen LogP contribution in [0.5, 0.6) is 0 Å². The molecule has 1 aliphatic rings. The molecular weight excluding hydrogens is 737 g/mol.